The number of carbonyl (C=O) groups excluding carboxylic acids is 2. The van der Waals surface area contributed by atoms with Crippen molar-refractivity contribution in [3.05, 3.63) is 82.9 Å². The summed E-state index contributed by atoms with van der Waals surface area (Å²) < 4.78 is 33.1. The second-order valence-corrected chi connectivity index (χ2v) is 12.0. The molecule has 2 fully saturated rings. The van der Waals surface area contributed by atoms with Crippen molar-refractivity contribution >= 4 is 39.9 Å². The van der Waals surface area contributed by atoms with Crippen LogP contribution in [0.1, 0.15) is 47.2 Å². The van der Waals surface area contributed by atoms with E-state index < -0.39 is 17.9 Å². The molecule has 248 valence electrons. The van der Waals surface area contributed by atoms with E-state index in [0.29, 0.717) is 79.3 Å². The molecule has 0 spiro atoms. The highest BCUT2D eigenvalue weighted by atomic mass is 19.1. The van der Waals surface area contributed by atoms with Gasteiger partial charge in [0, 0.05) is 81.1 Å². The zero-order valence-corrected chi connectivity index (χ0v) is 25.8. The van der Waals surface area contributed by atoms with E-state index >= 15 is 0 Å². The molecular weight excluding hydrogens is 610 g/mol. The van der Waals surface area contributed by atoms with E-state index in [0.717, 1.165) is 30.2 Å². The summed E-state index contributed by atoms with van der Waals surface area (Å²) >= 11 is 0. The van der Waals surface area contributed by atoms with Gasteiger partial charge in [0.15, 0.2) is 12.1 Å². The third-order valence-corrected chi connectivity index (χ3v) is 8.63. The number of benzene rings is 3. The van der Waals surface area contributed by atoms with E-state index in [-0.39, 0.29) is 30.7 Å². The fourth-order valence-corrected chi connectivity index (χ4v) is 6.12. The van der Waals surface area contributed by atoms with Crippen molar-refractivity contribution in [1.29, 1.82) is 0 Å². The van der Waals surface area contributed by atoms with E-state index in [1.807, 2.05) is 30.3 Å². The average molecular weight is 649 g/mol. The molecule has 3 aromatic carbocycles. The number of H-pyrrole nitrogens is 1. The zero-order chi connectivity index (χ0) is 32.9. The van der Waals surface area contributed by atoms with Gasteiger partial charge in [0.2, 0.25) is 5.91 Å². The maximum atomic E-state index is 13.8. The maximum Gasteiger partial charge on any atom is 0.258 e. The number of hydrogen-bond donors (Lipinski definition) is 5. The van der Waals surface area contributed by atoms with Crippen molar-refractivity contribution < 1.29 is 33.3 Å². The molecule has 0 radical (unpaired) electrons. The van der Waals surface area contributed by atoms with Gasteiger partial charge in [0.1, 0.15) is 11.6 Å². The number of carbonyl (C=O) groups is 2. The van der Waals surface area contributed by atoms with Crippen LogP contribution in [0.15, 0.2) is 54.6 Å². The van der Waals surface area contributed by atoms with Gasteiger partial charge in [-0.3, -0.25) is 14.7 Å². The summed E-state index contributed by atoms with van der Waals surface area (Å²) in [5.74, 6) is -1.39. The Morgan fingerprint density at radius 3 is 2.43 bits per heavy atom. The number of piperazine rings is 1. The first kappa shape index (κ1) is 32.4. The third kappa shape index (κ3) is 8.05. The summed E-state index contributed by atoms with van der Waals surface area (Å²) in [5.41, 5.74) is 4.04. The number of aromatic amines is 1. The van der Waals surface area contributed by atoms with E-state index in [1.54, 1.807) is 11.0 Å². The van der Waals surface area contributed by atoms with Crippen LogP contribution in [0.4, 0.5) is 26.0 Å². The Morgan fingerprint density at radius 1 is 0.957 bits per heavy atom. The molecular formula is C34H38F2N6O5. The number of nitrogens with zero attached hydrogens (tertiary/aromatic N) is 3. The molecule has 6 rings (SSSR count). The molecule has 0 unspecified atom stereocenters. The van der Waals surface area contributed by atoms with Crippen LogP contribution in [-0.4, -0.2) is 88.8 Å². The summed E-state index contributed by atoms with van der Waals surface area (Å²) in [6, 6.07) is 14.7. The minimum atomic E-state index is -1.50. The molecule has 1 aromatic heterocycles. The third-order valence-electron chi connectivity index (χ3n) is 8.63. The van der Waals surface area contributed by atoms with Crippen LogP contribution in [0.5, 0.6) is 0 Å². The van der Waals surface area contributed by atoms with Crippen LogP contribution in [0, 0.1) is 11.6 Å². The number of rotatable bonds is 10. The van der Waals surface area contributed by atoms with Crippen molar-refractivity contribution in [2.24, 2.45) is 0 Å². The number of amides is 2. The van der Waals surface area contributed by atoms with E-state index in [2.05, 4.69) is 25.7 Å². The van der Waals surface area contributed by atoms with Crippen LogP contribution in [0.2, 0.25) is 0 Å². The van der Waals surface area contributed by atoms with Gasteiger partial charge < -0.3 is 35.4 Å². The monoisotopic (exact) mass is 648 g/mol. The summed E-state index contributed by atoms with van der Waals surface area (Å²) in [6.07, 6.45) is 0.501. The largest absolute Gasteiger partial charge is 0.381 e. The molecule has 0 aliphatic carbocycles. The second kappa shape index (κ2) is 14.4. The number of nitrogens with one attached hydrogen (secondary N) is 3. The number of fused-ring (bicyclic) bond motifs is 1. The maximum absolute atomic E-state index is 13.8. The Kier molecular flexibility index (Phi) is 9.95. The lowest BCUT2D eigenvalue weighted by Crippen LogP contribution is -2.48. The first-order valence-electron chi connectivity index (χ1n) is 15.8. The van der Waals surface area contributed by atoms with Crippen molar-refractivity contribution in [3.63, 3.8) is 0 Å². The number of ether oxygens (including phenoxy) is 1. The Hall–Kier alpha value is -4.59. The van der Waals surface area contributed by atoms with Crippen LogP contribution in [-0.2, 0) is 16.0 Å². The number of anilines is 3. The molecule has 13 heteroatoms. The molecule has 0 atom stereocenters. The van der Waals surface area contributed by atoms with Gasteiger partial charge in [-0.1, -0.05) is 6.07 Å². The molecule has 4 aromatic rings. The topological polar surface area (TPSA) is 143 Å². The van der Waals surface area contributed by atoms with E-state index in [1.165, 1.54) is 12.1 Å². The first-order chi connectivity index (χ1) is 22.7. The minimum absolute atomic E-state index is 0.00911. The zero-order valence-electron chi connectivity index (χ0n) is 25.8. The molecule has 3 heterocycles. The predicted molar refractivity (Wildman–Crippen MR) is 173 cm³/mol. The molecule has 2 amide bonds. The fraction of sp³-hybridized carbons (Fsp3) is 0.382. The Bertz CT molecular complexity index is 1710. The molecule has 47 heavy (non-hydrogen) atoms. The van der Waals surface area contributed by atoms with Crippen LogP contribution in [0.25, 0.3) is 10.9 Å². The molecule has 0 bridgehead atoms. The number of hydrogen-bond acceptors (Lipinski definition) is 8. The SMILES string of the molecule is O=C(Nc1n[nH]c2ccc(Cc3cc(F)cc(F)c3)cc12)c1ccc(N2CCN(C(=O)CCC(O)O)CC2)cc1NC1CCOCC1. The molecule has 2 saturated heterocycles. The molecule has 2 aliphatic rings. The summed E-state index contributed by atoms with van der Waals surface area (Å²) in [5, 5.41) is 32.6. The van der Waals surface area contributed by atoms with Crippen molar-refractivity contribution in [1.82, 2.24) is 15.1 Å². The van der Waals surface area contributed by atoms with Crippen molar-refractivity contribution in [2.45, 2.75) is 44.4 Å². The summed E-state index contributed by atoms with van der Waals surface area (Å²) in [4.78, 5) is 30.1. The number of aromatic nitrogens is 2. The van der Waals surface area contributed by atoms with E-state index in [4.69, 9.17) is 14.9 Å². The van der Waals surface area contributed by atoms with Gasteiger partial charge >= 0.3 is 0 Å². The fourth-order valence-electron chi connectivity index (χ4n) is 6.12. The number of aliphatic hydroxyl groups is 2. The quantitative estimate of drug-likeness (QED) is 0.162. The van der Waals surface area contributed by atoms with E-state index in [9.17, 15) is 18.4 Å². The minimum Gasteiger partial charge on any atom is -0.381 e. The molecule has 0 saturated carbocycles. The Labute approximate surface area is 270 Å². The highest BCUT2D eigenvalue weighted by molar-refractivity contribution is 6.11. The smallest absolute Gasteiger partial charge is 0.258 e. The average Bonchev–Trinajstić information content (AvgIpc) is 3.45. The van der Waals surface area contributed by atoms with Gasteiger partial charge in [-0.2, -0.15) is 5.10 Å². The Balaban J connectivity index is 1.20. The lowest BCUT2D eigenvalue weighted by Gasteiger charge is -2.36. The first-order valence-corrected chi connectivity index (χ1v) is 15.8. The highest BCUT2D eigenvalue weighted by Crippen LogP contribution is 2.29. The molecule has 5 N–H and O–H groups in total. The normalized spacial score (nSPS) is 15.8. The number of aliphatic hydroxyl groups excluding tert-OH is 1. The lowest BCUT2D eigenvalue weighted by atomic mass is 10.0. The van der Waals surface area contributed by atoms with Crippen LogP contribution >= 0.6 is 0 Å². The highest BCUT2D eigenvalue weighted by Gasteiger charge is 2.24. The second-order valence-electron chi connectivity index (χ2n) is 12.0. The van der Waals surface area contributed by atoms with Gasteiger partial charge in [-0.25, -0.2) is 8.78 Å². The molecule has 11 nitrogen and oxygen atoms in total. The van der Waals surface area contributed by atoms with Gasteiger partial charge in [-0.15, -0.1) is 0 Å². The van der Waals surface area contributed by atoms with Crippen LogP contribution in [0.3, 0.4) is 0 Å². The summed E-state index contributed by atoms with van der Waals surface area (Å²) in [7, 11) is 0. The molecule has 2 aliphatic heterocycles. The number of halogens is 2. The Morgan fingerprint density at radius 2 is 1.70 bits per heavy atom. The summed E-state index contributed by atoms with van der Waals surface area (Å²) in [6.45, 7) is 3.47. The lowest BCUT2D eigenvalue weighted by molar-refractivity contribution is -0.134. The van der Waals surface area contributed by atoms with Gasteiger partial charge in [-0.05, 0) is 72.9 Å². The predicted octanol–water partition coefficient (Wildman–Crippen LogP) is 4.01. The van der Waals surface area contributed by atoms with Crippen LogP contribution < -0.4 is 15.5 Å². The standard InChI is InChI=1S/C34H38F2N6O5/c35-23-16-22(17-24(36)19-23)15-21-1-4-29-28(18-21)33(40-39-29)38-34(46)27-3-2-26(20-30(27)37-25-7-13-47-14-8-25)41-9-11-42(12-10-41)31(43)5-6-32(44)45/h1-4,16-20,25,32,37,44-45H,5-15H2,(H2,38,39,40,46). The van der Waals surface area contributed by atoms with Gasteiger partial charge in [0.05, 0.1) is 11.1 Å². The van der Waals surface area contributed by atoms with Gasteiger partial charge in [0.25, 0.3) is 5.91 Å². The van der Waals surface area contributed by atoms with Crippen molar-refractivity contribution in [3.8, 4) is 0 Å². The van der Waals surface area contributed by atoms with Crippen molar-refractivity contribution in [2.75, 3.05) is 54.9 Å².